The Bertz CT molecular complexity index is 522. The van der Waals surface area contributed by atoms with Gasteiger partial charge in [0.05, 0.1) is 5.69 Å². The zero-order valence-electron chi connectivity index (χ0n) is 9.73. The van der Waals surface area contributed by atoms with E-state index in [4.69, 9.17) is 5.73 Å². The van der Waals surface area contributed by atoms with Crippen molar-refractivity contribution in [3.05, 3.63) is 22.7 Å². The number of piperidine rings is 1. The van der Waals surface area contributed by atoms with Gasteiger partial charge in [0.15, 0.2) is 0 Å². The highest BCUT2D eigenvalue weighted by Crippen LogP contribution is 2.42. The third-order valence-electron chi connectivity index (χ3n) is 3.78. The minimum atomic E-state index is -0.0833. The van der Waals surface area contributed by atoms with Gasteiger partial charge in [-0.1, -0.05) is 0 Å². The fourth-order valence-electron chi connectivity index (χ4n) is 2.84. The van der Waals surface area contributed by atoms with Gasteiger partial charge in [-0.15, -0.1) is 0 Å². The van der Waals surface area contributed by atoms with Gasteiger partial charge in [-0.05, 0) is 53.4 Å². The van der Waals surface area contributed by atoms with Crippen LogP contribution in [0, 0.1) is 11.8 Å². The van der Waals surface area contributed by atoms with Gasteiger partial charge in [0.1, 0.15) is 0 Å². The minimum Gasteiger partial charge on any atom is -0.399 e. The summed E-state index contributed by atoms with van der Waals surface area (Å²) in [5.74, 6) is -0.165. The minimum absolute atomic E-state index is 0.000954. The Labute approximate surface area is 113 Å². The number of hydrogen-bond donors (Lipinski definition) is 1. The lowest BCUT2D eigenvalue weighted by Crippen LogP contribution is -2.46. The first-order valence-corrected chi connectivity index (χ1v) is 6.80. The van der Waals surface area contributed by atoms with E-state index in [1.54, 1.807) is 18.2 Å². The smallest absolute Gasteiger partial charge is 0.236 e. The van der Waals surface area contributed by atoms with Gasteiger partial charge in [0.25, 0.3) is 0 Å². The van der Waals surface area contributed by atoms with Crippen molar-refractivity contribution >= 4 is 39.1 Å². The highest BCUT2D eigenvalue weighted by Gasteiger charge is 2.46. The second kappa shape index (κ2) is 4.09. The fourth-order valence-corrected chi connectivity index (χ4v) is 3.27. The molecule has 1 aromatic carbocycles. The first-order valence-electron chi connectivity index (χ1n) is 6.01. The number of nitrogen functional groups attached to an aromatic ring is 1. The van der Waals surface area contributed by atoms with Crippen LogP contribution >= 0.6 is 15.9 Å². The van der Waals surface area contributed by atoms with Crippen molar-refractivity contribution in [1.29, 1.82) is 0 Å². The van der Waals surface area contributed by atoms with Crippen molar-refractivity contribution in [2.24, 2.45) is 11.8 Å². The summed E-state index contributed by atoms with van der Waals surface area (Å²) in [5, 5.41) is 0. The van der Waals surface area contributed by atoms with Crippen LogP contribution in [0.15, 0.2) is 22.7 Å². The van der Waals surface area contributed by atoms with Crippen molar-refractivity contribution in [2.45, 2.75) is 19.3 Å². The average Bonchev–Trinajstić information content (AvgIpc) is 2.78. The van der Waals surface area contributed by atoms with E-state index in [0.29, 0.717) is 17.8 Å². The van der Waals surface area contributed by atoms with E-state index in [0.717, 1.165) is 17.3 Å². The number of nitrogens with zero attached hydrogens (tertiary/aromatic N) is 1. The number of rotatable bonds is 1. The molecule has 2 fully saturated rings. The normalized spacial score (nSPS) is 26.8. The molecule has 1 aliphatic heterocycles. The quantitative estimate of drug-likeness (QED) is 0.639. The molecule has 1 saturated carbocycles. The van der Waals surface area contributed by atoms with Gasteiger partial charge in [0.2, 0.25) is 11.8 Å². The molecule has 5 heteroatoms. The lowest BCUT2D eigenvalue weighted by atomic mass is 9.96. The largest absolute Gasteiger partial charge is 0.399 e. The van der Waals surface area contributed by atoms with Crippen LogP contribution in [0.3, 0.4) is 0 Å². The molecule has 1 heterocycles. The Morgan fingerprint density at radius 3 is 2.39 bits per heavy atom. The van der Waals surface area contributed by atoms with Gasteiger partial charge in [0, 0.05) is 22.0 Å². The highest BCUT2D eigenvalue weighted by molar-refractivity contribution is 9.10. The van der Waals surface area contributed by atoms with E-state index in [1.807, 2.05) is 0 Å². The Kier molecular flexibility index (Phi) is 2.66. The van der Waals surface area contributed by atoms with E-state index in [2.05, 4.69) is 15.9 Å². The number of fused-ring (bicyclic) bond motifs is 2. The maximum absolute atomic E-state index is 12.3. The maximum Gasteiger partial charge on any atom is 0.236 e. The fraction of sp³-hybridized carbons (Fsp3) is 0.385. The molecule has 18 heavy (non-hydrogen) atoms. The van der Waals surface area contributed by atoms with Gasteiger partial charge in [-0.3, -0.25) is 9.59 Å². The molecule has 1 aliphatic carbocycles. The van der Waals surface area contributed by atoms with Gasteiger partial charge in [-0.25, -0.2) is 4.90 Å². The van der Waals surface area contributed by atoms with Gasteiger partial charge < -0.3 is 5.73 Å². The van der Waals surface area contributed by atoms with Crippen molar-refractivity contribution in [3.63, 3.8) is 0 Å². The molecule has 2 atom stereocenters. The number of benzene rings is 1. The van der Waals surface area contributed by atoms with E-state index in [9.17, 15) is 9.59 Å². The lowest BCUT2D eigenvalue weighted by Gasteiger charge is -2.30. The number of carbonyl (C=O) groups excluding carboxylic acids is 2. The molecular formula is C13H13BrN2O2. The van der Waals surface area contributed by atoms with E-state index in [-0.39, 0.29) is 23.7 Å². The topological polar surface area (TPSA) is 63.4 Å². The molecule has 94 valence electrons. The van der Waals surface area contributed by atoms with E-state index in [1.165, 1.54) is 4.90 Å². The molecule has 0 spiro atoms. The van der Waals surface area contributed by atoms with Crippen LogP contribution in [0.25, 0.3) is 0 Å². The molecule has 3 rings (SSSR count). The van der Waals surface area contributed by atoms with Crippen molar-refractivity contribution in [3.8, 4) is 0 Å². The van der Waals surface area contributed by atoms with Crippen molar-refractivity contribution in [2.75, 3.05) is 10.6 Å². The van der Waals surface area contributed by atoms with Crippen molar-refractivity contribution < 1.29 is 9.59 Å². The molecule has 2 unspecified atom stereocenters. The van der Waals surface area contributed by atoms with E-state index >= 15 is 0 Å². The monoisotopic (exact) mass is 308 g/mol. The number of amides is 2. The van der Waals surface area contributed by atoms with Gasteiger partial charge in [-0.2, -0.15) is 0 Å². The van der Waals surface area contributed by atoms with Crippen LogP contribution in [0.5, 0.6) is 0 Å². The predicted octanol–water partition coefficient (Wildman–Crippen LogP) is 2.32. The zero-order chi connectivity index (χ0) is 12.9. The lowest BCUT2D eigenvalue weighted by molar-refractivity contribution is -0.133. The Morgan fingerprint density at radius 2 is 1.78 bits per heavy atom. The molecule has 0 aromatic heterocycles. The third-order valence-corrected chi connectivity index (χ3v) is 4.45. The zero-order valence-corrected chi connectivity index (χ0v) is 11.3. The summed E-state index contributed by atoms with van der Waals surface area (Å²) >= 11 is 3.38. The van der Waals surface area contributed by atoms with Crippen LogP contribution in [0.4, 0.5) is 11.4 Å². The molecular weight excluding hydrogens is 296 g/mol. The number of carbonyl (C=O) groups is 2. The Balaban J connectivity index is 2.07. The number of hydrogen-bond acceptors (Lipinski definition) is 3. The predicted molar refractivity (Wildman–Crippen MR) is 71.9 cm³/mol. The molecule has 1 saturated heterocycles. The molecule has 1 aromatic rings. The van der Waals surface area contributed by atoms with Gasteiger partial charge >= 0.3 is 0 Å². The number of halogens is 1. The first-order chi connectivity index (χ1) is 8.58. The number of nitrogens with two attached hydrogens (primary N) is 1. The van der Waals surface area contributed by atoms with E-state index < -0.39 is 0 Å². The molecule has 2 amide bonds. The molecule has 0 radical (unpaired) electrons. The van der Waals surface area contributed by atoms with Crippen LogP contribution in [-0.2, 0) is 9.59 Å². The van der Waals surface area contributed by atoms with Crippen LogP contribution < -0.4 is 10.6 Å². The average molecular weight is 309 g/mol. The standard InChI is InChI=1S/C13H13BrN2O2/c14-10-4-3-9(15)6-11(10)16-12(17)7-1-2-8(5-7)13(16)18/h3-4,6-8H,1-2,5,15H2. The third kappa shape index (κ3) is 1.65. The van der Waals surface area contributed by atoms with Crippen LogP contribution in [0.1, 0.15) is 19.3 Å². The maximum atomic E-state index is 12.3. The summed E-state index contributed by atoms with van der Waals surface area (Å²) in [5.41, 5.74) is 6.86. The molecule has 2 aliphatic rings. The summed E-state index contributed by atoms with van der Waals surface area (Å²) in [6.07, 6.45) is 2.37. The van der Waals surface area contributed by atoms with Crippen LogP contribution in [-0.4, -0.2) is 11.8 Å². The SMILES string of the molecule is Nc1ccc(Br)c(N2C(=O)C3CCC(C3)C2=O)c1. The van der Waals surface area contributed by atoms with Crippen molar-refractivity contribution in [1.82, 2.24) is 0 Å². The molecule has 2 N–H and O–H groups in total. The second-order valence-corrected chi connectivity index (χ2v) is 5.78. The number of anilines is 2. The summed E-state index contributed by atoms with van der Waals surface area (Å²) in [6, 6.07) is 5.17. The summed E-state index contributed by atoms with van der Waals surface area (Å²) in [4.78, 5) is 25.9. The molecule has 2 bridgehead atoms. The molecule has 4 nitrogen and oxygen atoms in total. The number of imide groups is 1. The Morgan fingerprint density at radius 1 is 1.17 bits per heavy atom. The summed E-state index contributed by atoms with van der Waals surface area (Å²) in [6.45, 7) is 0. The highest BCUT2D eigenvalue weighted by atomic mass is 79.9. The van der Waals surface area contributed by atoms with Crippen LogP contribution in [0.2, 0.25) is 0 Å². The first kappa shape index (κ1) is 11.7. The Hall–Kier alpha value is -1.36. The second-order valence-electron chi connectivity index (χ2n) is 4.93. The summed E-state index contributed by atoms with van der Waals surface area (Å²) in [7, 11) is 0. The summed E-state index contributed by atoms with van der Waals surface area (Å²) < 4.78 is 0.722.